The Morgan fingerprint density at radius 3 is 2.47 bits per heavy atom. The Morgan fingerprint density at radius 2 is 1.84 bits per heavy atom. The highest BCUT2D eigenvalue weighted by Crippen LogP contribution is 2.37. The van der Waals surface area contributed by atoms with Crippen molar-refractivity contribution < 1.29 is 24.5 Å². The van der Waals surface area contributed by atoms with Gasteiger partial charge in [0.2, 0.25) is 0 Å². The van der Waals surface area contributed by atoms with E-state index in [-0.39, 0.29) is 18.2 Å². The summed E-state index contributed by atoms with van der Waals surface area (Å²) < 4.78 is 13.6. The lowest BCUT2D eigenvalue weighted by atomic mass is 9.90. The summed E-state index contributed by atoms with van der Waals surface area (Å²) in [6, 6.07) is 11.5. The quantitative estimate of drug-likeness (QED) is 0.420. The molecule has 168 valence electrons. The van der Waals surface area contributed by atoms with Crippen molar-refractivity contribution in [3.8, 4) is 11.1 Å². The van der Waals surface area contributed by atoms with Crippen LogP contribution in [0.1, 0.15) is 43.9 Å². The van der Waals surface area contributed by atoms with Gasteiger partial charge in [-0.15, -0.1) is 0 Å². The number of pyridine rings is 1. The number of aliphatic hydroxyl groups is 2. The second kappa shape index (κ2) is 10.2. The van der Waals surface area contributed by atoms with Gasteiger partial charge in [0.1, 0.15) is 5.82 Å². The number of aliphatic hydroxyl groups excluding tert-OH is 2. The minimum absolute atomic E-state index is 0.0451. The van der Waals surface area contributed by atoms with E-state index in [4.69, 9.17) is 21.7 Å². The third-order valence-electron chi connectivity index (χ3n) is 5.10. The van der Waals surface area contributed by atoms with Crippen LogP contribution in [0.15, 0.2) is 48.5 Å². The van der Waals surface area contributed by atoms with Gasteiger partial charge in [0.05, 0.1) is 29.8 Å². The first-order valence-corrected chi connectivity index (χ1v) is 10.7. The Morgan fingerprint density at radius 1 is 1.16 bits per heavy atom. The second-order valence-electron chi connectivity index (χ2n) is 8.02. The van der Waals surface area contributed by atoms with E-state index >= 15 is 0 Å². The van der Waals surface area contributed by atoms with Gasteiger partial charge in [0, 0.05) is 28.0 Å². The molecule has 2 atom stereocenters. The molecular formula is C25H25ClFNO4. The van der Waals surface area contributed by atoms with Crippen molar-refractivity contribution in [1.82, 2.24) is 4.98 Å². The number of halogens is 2. The Balaban J connectivity index is 2.16. The summed E-state index contributed by atoms with van der Waals surface area (Å²) in [5.41, 5.74) is 3.84. The van der Waals surface area contributed by atoms with Gasteiger partial charge in [-0.2, -0.15) is 0 Å². The molecule has 3 aromatic rings. The first-order valence-electron chi connectivity index (χ1n) is 10.3. The van der Waals surface area contributed by atoms with Gasteiger partial charge in [-0.1, -0.05) is 49.7 Å². The number of carbonyl (C=O) groups is 1. The molecule has 0 radical (unpaired) electrons. The Hall–Kier alpha value is -2.80. The molecule has 0 amide bonds. The highest BCUT2D eigenvalue weighted by Gasteiger charge is 2.19. The Kier molecular flexibility index (Phi) is 7.61. The van der Waals surface area contributed by atoms with Crippen molar-refractivity contribution >= 4 is 34.5 Å². The largest absolute Gasteiger partial charge is 0.481 e. The number of benzene rings is 2. The fraction of sp³-hybridized carbons (Fsp3) is 0.280. The minimum Gasteiger partial charge on any atom is -0.481 e. The zero-order chi connectivity index (χ0) is 23.4. The predicted octanol–water partition coefficient (Wildman–Crippen LogP) is 5.42. The topological polar surface area (TPSA) is 90.7 Å². The van der Waals surface area contributed by atoms with Crippen LogP contribution in [0.25, 0.3) is 28.1 Å². The van der Waals surface area contributed by atoms with E-state index in [1.165, 1.54) is 18.2 Å². The molecule has 0 aliphatic heterocycles. The zero-order valence-corrected chi connectivity index (χ0v) is 18.6. The Bertz CT molecular complexity index is 1140. The van der Waals surface area contributed by atoms with E-state index in [2.05, 4.69) is 0 Å². The summed E-state index contributed by atoms with van der Waals surface area (Å²) >= 11 is 6.26. The monoisotopic (exact) mass is 457 g/mol. The van der Waals surface area contributed by atoms with Gasteiger partial charge < -0.3 is 15.3 Å². The maximum Gasteiger partial charge on any atom is 0.305 e. The maximum absolute atomic E-state index is 13.6. The number of aromatic nitrogens is 1. The molecule has 3 rings (SSSR count). The van der Waals surface area contributed by atoms with Crippen LogP contribution in [0.2, 0.25) is 5.02 Å². The average Bonchev–Trinajstić information content (AvgIpc) is 2.71. The molecule has 0 fully saturated rings. The van der Waals surface area contributed by atoms with Crippen molar-refractivity contribution in [1.29, 1.82) is 0 Å². The third kappa shape index (κ3) is 5.71. The van der Waals surface area contributed by atoms with E-state index in [0.29, 0.717) is 5.02 Å². The number of aliphatic carboxylic acids is 1. The molecule has 1 unspecified atom stereocenters. The van der Waals surface area contributed by atoms with E-state index in [1.54, 1.807) is 30.3 Å². The van der Waals surface area contributed by atoms with Crippen LogP contribution in [0.3, 0.4) is 0 Å². The highest BCUT2D eigenvalue weighted by atomic mass is 35.5. The predicted molar refractivity (Wildman–Crippen MR) is 124 cm³/mol. The van der Waals surface area contributed by atoms with Crippen LogP contribution in [-0.2, 0) is 4.79 Å². The molecule has 1 aromatic heterocycles. The first-order chi connectivity index (χ1) is 15.2. The van der Waals surface area contributed by atoms with Gasteiger partial charge in [0.25, 0.3) is 0 Å². The first kappa shape index (κ1) is 23.9. The molecule has 0 saturated carbocycles. The third-order valence-corrected chi connectivity index (χ3v) is 5.34. The zero-order valence-electron chi connectivity index (χ0n) is 17.8. The number of hydrogen-bond donors (Lipinski definition) is 3. The van der Waals surface area contributed by atoms with Crippen LogP contribution < -0.4 is 0 Å². The summed E-state index contributed by atoms with van der Waals surface area (Å²) in [5.74, 6) is -1.44. The van der Waals surface area contributed by atoms with Crippen LogP contribution in [-0.4, -0.2) is 38.5 Å². The maximum atomic E-state index is 13.6. The summed E-state index contributed by atoms with van der Waals surface area (Å²) in [6.07, 6.45) is 0.455. The number of carboxylic acids is 1. The van der Waals surface area contributed by atoms with Crippen LogP contribution >= 0.6 is 11.6 Å². The molecule has 0 saturated heterocycles. The molecule has 0 aliphatic rings. The molecule has 1 heterocycles. The van der Waals surface area contributed by atoms with E-state index in [0.717, 1.165) is 33.3 Å². The van der Waals surface area contributed by atoms with Gasteiger partial charge >= 0.3 is 5.97 Å². The number of hydrogen-bond acceptors (Lipinski definition) is 4. The summed E-state index contributed by atoms with van der Waals surface area (Å²) in [4.78, 5) is 15.6. The molecule has 2 aromatic carbocycles. The molecule has 32 heavy (non-hydrogen) atoms. The standard InChI is InChI=1S/C25H25ClFNO4/c1-14(2)25-20(9-8-18(29)12-19(30)13-23(31)32)24(15-3-6-17(27)7-4-15)21-11-16(26)5-10-22(21)28-25/h3-11,14,18-19,29-30H,12-13H2,1-2H3,(H,31,32)/t18-,19?/m1/s1. The van der Waals surface area contributed by atoms with Gasteiger partial charge in [-0.3, -0.25) is 9.78 Å². The van der Waals surface area contributed by atoms with Crippen molar-refractivity contribution in [3.63, 3.8) is 0 Å². The molecule has 7 heteroatoms. The number of fused-ring (bicyclic) bond motifs is 1. The van der Waals surface area contributed by atoms with Crippen molar-refractivity contribution in [2.45, 2.75) is 44.8 Å². The second-order valence-corrected chi connectivity index (χ2v) is 8.46. The normalized spacial score (nSPS) is 13.7. The van der Waals surface area contributed by atoms with Crippen molar-refractivity contribution in [3.05, 3.63) is 70.6 Å². The van der Waals surface area contributed by atoms with Gasteiger partial charge in [0.15, 0.2) is 0 Å². The smallest absolute Gasteiger partial charge is 0.305 e. The fourth-order valence-electron chi connectivity index (χ4n) is 3.66. The van der Waals surface area contributed by atoms with Crippen molar-refractivity contribution in [2.75, 3.05) is 0 Å². The van der Waals surface area contributed by atoms with E-state index in [9.17, 15) is 19.4 Å². The fourth-order valence-corrected chi connectivity index (χ4v) is 3.83. The van der Waals surface area contributed by atoms with Crippen LogP contribution in [0, 0.1) is 5.82 Å². The van der Waals surface area contributed by atoms with E-state index in [1.807, 2.05) is 19.9 Å². The SMILES string of the molecule is CC(C)c1nc2ccc(Cl)cc2c(-c2ccc(F)cc2)c1C=C[C@@H](O)CC(O)CC(=O)O. The molecule has 5 nitrogen and oxygen atoms in total. The molecule has 0 aliphatic carbocycles. The Labute approximate surface area is 190 Å². The molecule has 0 bridgehead atoms. The van der Waals surface area contributed by atoms with Gasteiger partial charge in [-0.25, -0.2) is 4.39 Å². The number of carboxylic acid groups (broad SMARTS) is 1. The number of rotatable bonds is 8. The van der Waals surface area contributed by atoms with Crippen LogP contribution in [0.5, 0.6) is 0 Å². The van der Waals surface area contributed by atoms with Crippen molar-refractivity contribution in [2.24, 2.45) is 0 Å². The van der Waals surface area contributed by atoms with E-state index < -0.39 is 24.6 Å². The summed E-state index contributed by atoms with van der Waals surface area (Å²) in [6.45, 7) is 4.01. The summed E-state index contributed by atoms with van der Waals surface area (Å²) in [7, 11) is 0. The lowest BCUT2D eigenvalue weighted by Gasteiger charge is -2.18. The average molecular weight is 458 g/mol. The lowest BCUT2D eigenvalue weighted by molar-refractivity contribution is -0.139. The van der Waals surface area contributed by atoms with Gasteiger partial charge in [-0.05, 0) is 41.8 Å². The lowest BCUT2D eigenvalue weighted by Crippen LogP contribution is -2.19. The summed E-state index contributed by atoms with van der Waals surface area (Å²) in [5, 5.41) is 30.3. The molecule has 0 spiro atoms. The van der Waals surface area contributed by atoms with Crippen LogP contribution in [0.4, 0.5) is 4.39 Å². The molecule has 3 N–H and O–H groups in total. The highest BCUT2D eigenvalue weighted by molar-refractivity contribution is 6.31. The molecular weight excluding hydrogens is 433 g/mol. The number of nitrogens with zero attached hydrogens (tertiary/aromatic N) is 1. The minimum atomic E-state index is -1.16.